The fraction of sp³-hybridized carbons (Fsp3) is 0.440. The van der Waals surface area contributed by atoms with Crippen molar-refractivity contribution >= 4 is 39.1 Å². The first-order valence-electron chi connectivity index (χ1n) is 11.4. The molecule has 0 spiro atoms. The lowest BCUT2D eigenvalue weighted by atomic mass is 10.1. The van der Waals surface area contributed by atoms with Crippen LogP contribution in [0.4, 0.5) is 10.1 Å². The third kappa shape index (κ3) is 7.93. The van der Waals surface area contributed by atoms with E-state index in [0.717, 1.165) is 6.26 Å². The van der Waals surface area contributed by atoms with E-state index >= 15 is 0 Å². The highest BCUT2D eigenvalue weighted by Gasteiger charge is 2.28. The molecule has 0 saturated heterocycles. The molecule has 0 heterocycles. The zero-order valence-electron chi connectivity index (χ0n) is 20.7. The molecule has 1 atom stereocenters. The van der Waals surface area contributed by atoms with Crippen LogP contribution >= 0.6 is 11.6 Å². The molecule has 0 aromatic heterocycles. The molecule has 192 valence electrons. The second-order valence-corrected chi connectivity index (χ2v) is 11.1. The van der Waals surface area contributed by atoms with E-state index in [2.05, 4.69) is 5.32 Å². The number of nitrogens with zero attached hydrogens (tertiary/aromatic N) is 2. The van der Waals surface area contributed by atoms with Crippen LogP contribution in [0.15, 0.2) is 42.5 Å². The SMILES string of the molecule is Cc1c(Cl)cccc1N(CCCC(=O)N(Cc1ccccc1F)[C@H](C)C(=O)NC(C)C)S(C)(=O)=O. The lowest BCUT2D eigenvalue weighted by Crippen LogP contribution is -2.49. The summed E-state index contributed by atoms with van der Waals surface area (Å²) in [5, 5.41) is 3.22. The van der Waals surface area contributed by atoms with E-state index in [1.807, 2.05) is 13.8 Å². The summed E-state index contributed by atoms with van der Waals surface area (Å²) in [6.45, 7) is 6.91. The van der Waals surface area contributed by atoms with Crippen LogP contribution in [0.1, 0.15) is 44.7 Å². The molecular weight excluding hydrogens is 493 g/mol. The Morgan fingerprint density at radius 2 is 1.74 bits per heavy atom. The molecule has 0 aliphatic carbocycles. The largest absolute Gasteiger partial charge is 0.352 e. The van der Waals surface area contributed by atoms with E-state index in [4.69, 9.17) is 11.6 Å². The molecular formula is C25H33ClFN3O4S. The number of anilines is 1. The van der Waals surface area contributed by atoms with E-state index < -0.39 is 21.9 Å². The summed E-state index contributed by atoms with van der Waals surface area (Å²) >= 11 is 6.17. The standard InChI is InChI=1S/C25H33ClFN3O4S/c1-17(2)28-25(32)19(4)29(16-20-10-6-7-12-22(20)27)24(31)14-9-15-30(35(5,33)34)23-13-8-11-21(26)18(23)3/h6-8,10-13,17,19H,9,14-16H2,1-5H3,(H,28,32)/t19-/m1/s1. The van der Waals surface area contributed by atoms with Gasteiger partial charge in [0.05, 0.1) is 11.9 Å². The smallest absolute Gasteiger partial charge is 0.242 e. The Hall–Kier alpha value is -2.65. The highest BCUT2D eigenvalue weighted by Crippen LogP contribution is 2.28. The molecule has 7 nitrogen and oxygen atoms in total. The van der Waals surface area contributed by atoms with Crippen molar-refractivity contribution in [2.45, 2.75) is 59.2 Å². The fourth-order valence-electron chi connectivity index (χ4n) is 3.65. The third-order valence-corrected chi connectivity index (χ3v) is 7.15. The van der Waals surface area contributed by atoms with Gasteiger partial charge in [-0.1, -0.05) is 35.9 Å². The number of rotatable bonds is 11. The Balaban J connectivity index is 2.22. The zero-order valence-corrected chi connectivity index (χ0v) is 22.3. The van der Waals surface area contributed by atoms with Gasteiger partial charge in [-0.3, -0.25) is 13.9 Å². The summed E-state index contributed by atoms with van der Waals surface area (Å²) in [6, 6.07) is 10.1. The van der Waals surface area contributed by atoms with Crippen LogP contribution in [0.25, 0.3) is 0 Å². The summed E-state index contributed by atoms with van der Waals surface area (Å²) < 4.78 is 40.5. The molecule has 10 heteroatoms. The van der Waals surface area contributed by atoms with Crippen molar-refractivity contribution in [3.05, 3.63) is 64.4 Å². The van der Waals surface area contributed by atoms with Gasteiger partial charge in [0.25, 0.3) is 0 Å². The molecule has 0 saturated carbocycles. The van der Waals surface area contributed by atoms with E-state index in [-0.39, 0.29) is 49.4 Å². The highest BCUT2D eigenvalue weighted by molar-refractivity contribution is 7.92. The number of sulfonamides is 1. The summed E-state index contributed by atoms with van der Waals surface area (Å²) in [4.78, 5) is 27.2. The van der Waals surface area contributed by atoms with Crippen molar-refractivity contribution in [2.75, 3.05) is 17.1 Å². The number of halogens is 2. The monoisotopic (exact) mass is 525 g/mol. The van der Waals surface area contributed by atoms with Crippen molar-refractivity contribution in [1.82, 2.24) is 10.2 Å². The summed E-state index contributed by atoms with van der Waals surface area (Å²) in [5.41, 5.74) is 1.35. The summed E-state index contributed by atoms with van der Waals surface area (Å²) in [6.07, 6.45) is 1.27. The summed E-state index contributed by atoms with van der Waals surface area (Å²) in [5.74, 6) is -1.20. The summed E-state index contributed by atoms with van der Waals surface area (Å²) in [7, 11) is -3.64. The Morgan fingerprint density at radius 3 is 2.34 bits per heavy atom. The number of hydrogen-bond acceptors (Lipinski definition) is 4. The Kier molecular flexibility index (Phi) is 10.1. The molecule has 2 aromatic rings. The van der Waals surface area contributed by atoms with Gasteiger partial charge in [-0.25, -0.2) is 12.8 Å². The van der Waals surface area contributed by atoms with Crippen molar-refractivity contribution < 1.29 is 22.4 Å². The topological polar surface area (TPSA) is 86.8 Å². The van der Waals surface area contributed by atoms with Crippen LogP contribution in [0.3, 0.4) is 0 Å². The molecule has 0 fully saturated rings. The van der Waals surface area contributed by atoms with Gasteiger partial charge in [0.1, 0.15) is 11.9 Å². The van der Waals surface area contributed by atoms with Crippen LogP contribution in [0.2, 0.25) is 5.02 Å². The number of amides is 2. The van der Waals surface area contributed by atoms with Gasteiger partial charge in [0.2, 0.25) is 21.8 Å². The second kappa shape index (κ2) is 12.4. The predicted octanol–water partition coefficient (Wildman–Crippen LogP) is 4.28. The predicted molar refractivity (Wildman–Crippen MR) is 137 cm³/mol. The number of nitrogens with one attached hydrogen (secondary N) is 1. The number of hydrogen-bond donors (Lipinski definition) is 1. The molecule has 0 unspecified atom stereocenters. The zero-order chi connectivity index (χ0) is 26.3. The lowest BCUT2D eigenvalue weighted by molar-refractivity contribution is -0.140. The maximum atomic E-state index is 14.3. The van der Waals surface area contributed by atoms with Crippen LogP contribution < -0.4 is 9.62 Å². The highest BCUT2D eigenvalue weighted by atomic mass is 35.5. The van der Waals surface area contributed by atoms with Crippen LogP contribution in [-0.2, 0) is 26.2 Å². The molecule has 0 aliphatic heterocycles. The molecule has 2 rings (SSSR count). The Morgan fingerprint density at radius 1 is 1.09 bits per heavy atom. The van der Waals surface area contributed by atoms with Gasteiger partial charge in [-0.15, -0.1) is 0 Å². The van der Waals surface area contributed by atoms with Crippen molar-refractivity contribution in [2.24, 2.45) is 0 Å². The van der Waals surface area contributed by atoms with Gasteiger partial charge < -0.3 is 10.2 Å². The van der Waals surface area contributed by atoms with Crippen LogP contribution in [0.5, 0.6) is 0 Å². The fourth-order valence-corrected chi connectivity index (χ4v) is 4.83. The Bertz CT molecular complexity index is 1160. The minimum Gasteiger partial charge on any atom is -0.352 e. The van der Waals surface area contributed by atoms with Crippen molar-refractivity contribution in [3.63, 3.8) is 0 Å². The molecule has 0 bridgehead atoms. The number of benzene rings is 2. The molecule has 0 radical (unpaired) electrons. The van der Waals surface area contributed by atoms with E-state index in [0.29, 0.717) is 16.3 Å². The maximum Gasteiger partial charge on any atom is 0.242 e. The van der Waals surface area contributed by atoms with Crippen molar-refractivity contribution in [3.8, 4) is 0 Å². The van der Waals surface area contributed by atoms with Crippen LogP contribution in [-0.4, -0.2) is 50.0 Å². The molecule has 2 aromatic carbocycles. The minimum absolute atomic E-state index is 0.0284. The first kappa shape index (κ1) is 28.6. The first-order valence-corrected chi connectivity index (χ1v) is 13.6. The van der Waals surface area contributed by atoms with Crippen LogP contribution in [0, 0.1) is 12.7 Å². The van der Waals surface area contributed by atoms with Gasteiger partial charge in [-0.05, 0) is 57.9 Å². The minimum atomic E-state index is -3.64. The maximum absolute atomic E-state index is 14.3. The second-order valence-electron chi connectivity index (χ2n) is 8.77. The number of carbonyl (C=O) groups is 2. The molecule has 35 heavy (non-hydrogen) atoms. The van der Waals surface area contributed by atoms with Gasteiger partial charge in [0.15, 0.2) is 0 Å². The molecule has 0 aliphatic rings. The lowest BCUT2D eigenvalue weighted by Gasteiger charge is -2.30. The van der Waals surface area contributed by atoms with E-state index in [1.165, 1.54) is 15.3 Å². The third-order valence-electron chi connectivity index (χ3n) is 5.56. The van der Waals surface area contributed by atoms with E-state index in [9.17, 15) is 22.4 Å². The average molecular weight is 526 g/mol. The molecule has 2 amide bonds. The van der Waals surface area contributed by atoms with Gasteiger partial charge in [-0.2, -0.15) is 0 Å². The van der Waals surface area contributed by atoms with Crippen molar-refractivity contribution in [1.29, 1.82) is 0 Å². The average Bonchev–Trinajstić information content (AvgIpc) is 2.76. The molecule has 1 N–H and O–H groups in total. The Labute approximate surface area is 212 Å². The normalized spacial score (nSPS) is 12.3. The van der Waals surface area contributed by atoms with E-state index in [1.54, 1.807) is 50.2 Å². The number of carbonyl (C=O) groups excluding carboxylic acids is 2. The first-order chi connectivity index (χ1) is 16.3. The van der Waals surface area contributed by atoms with Gasteiger partial charge >= 0.3 is 0 Å². The quantitative estimate of drug-likeness (QED) is 0.474. The van der Waals surface area contributed by atoms with Gasteiger partial charge in [0, 0.05) is 36.1 Å².